The first-order chi connectivity index (χ1) is 14.5. The molecule has 0 radical (unpaired) electrons. The molecule has 0 aliphatic rings. The van der Waals surface area contributed by atoms with Crippen LogP contribution in [0.5, 0.6) is 0 Å². The normalized spacial score (nSPS) is 9.73. The van der Waals surface area contributed by atoms with E-state index in [4.69, 9.17) is 4.74 Å². The SMILES string of the molecule is C=CC(=O)OC#Cc1ccc(-c2ccc(C=CC(=O)OCOC(=O)C=C)cc2)cc1. The van der Waals surface area contributed by atoms with Gasteiger partial charge >= 0.3 is 17.9 Å². The van der Waals surface area contributed by atoms with Crippen molar-refractivity contribution in [2.45, 2.75) is 0 Å². The summed E-state index contributed by atoms with van der Waals surface area (Å²) >= 11 is 0. The van der Waals surface area contributed by atoms with Crippen molar-refractivity contribution in [2.24, 2.45) is 0 Å². The van der Waals surface area contributed by atoms with Crippen LogP contribution in [0.4, 0.5) is 0 Å². The Labute approximate surface area is 174 Å². The maximum atomic E-state index is 11.6. The van der Waals surface area contributed by atoms with Gasteiger partial charge in [0.2, 0.25) is 6.79 Å². The van der Waals surface area contributed by atoms with Gasteiger partial charge in [-0.25, -0.2) is 14.4 Å². The molecule has 0 aliphatic heterocycles. The number of rotatable bonds is 7. The highest BCUT2D eigenvalue weighted by Gasteiger charge is 2.01. The number of carbonyl (C=O) groups excluding carboxylic acids is 3. The fourth-order valence-corrected chi connectivity index (χ4v) is 2.13. The fraction of sp³-hybridized carbons (Fsp3) is 0.0417. The number of esters is 3. The zero-order chi connectivity index (χ0) is 21.8. The third-order valence-corrected chi connectivity index (χ3v) is 3.62. The van der Waals surface area contributed by atoms with Gasteiger partial charge in [-0.1, -0.05) is 49.6 Å². The zero-order valence-electron chi connectivity index (χ0n) is 16.0. The molecule has 30 heavy (non-hydrogen) atoms. The summed E-state index contributed by atoms with van der Waals surface area (Å²) in [5.41, 5.74) is 3.45. The Morgan fingerprint density at radius 3 is 1.97 bits per heavy atom. The van der Waals surface area contributed by atoms with Crippen molar-refractivity contribution in [3.63, 3.8) is 0 Å². The van der Waals surface area contributed by atoms with Crippen LogP contribution in [-0.4, -0.2) is 24.7 Å². The Bertz CT molecular complexity index is 1020. The second-order valence-corrected chi connectivity index (χ2v) is 5.63. The van der Waals surface area contributed by atoms with Gasteiger partial charge in [0.25, 0.3) is 0 Å². The second-order valence-electron chi connectivity index (χ2n) is 5.63. The molecule has 0 bridgehead atoms. The maximum Gasteiger partial charge on any atom is 0.344 e. The summed E-state index contributed by atoms with van der Waals surface area (Å²) in [6.07, 6.45) is 7.17. The van der Waals surface area contributed by atoms with Crippen LogP contribution in [0.2, 0.25) is 0 Å². The summed E-state index contributed by atoms with van der Waals surface area (Å²) in [4.78, 5) is 33.4. The number of ether oxygens (including phenoxy) is 3. The molecule has 0 amide bonds. The molecule has 6 heteroatoms. The van der Waals surface area contributed by atoms with Crippen LogP contribution in [0.15, 0.2) is 79.9 Å². The number of benzene rings is 2. The molecule has 0 heterocycles. The molecular weight excluding hydrogens is 384 g/mol. The Balaban J connectivity index is 1.92. The predicted octanol–water partition coefficient (Wildman–Crippen LogP) is 3.63. The molecule has 6 nitrogen and oxygen atoms in total. The Morgan fingerprint density at radius 1 is 0.800 bits per heavy atom. The summed E-state index contributed by atoms with van der Waals surface area (Å²) in [5, 5.41) is 0. The summed E-state index contributed by atoms with van der Waals surface area (Å²) in [6.45, 7) is 6.06. The lowest BCUT2D eigenvalue weighted by molar-refractivity contribution is -0.160. The summed E-state index contributed by atoms with van der Waals surface area (Å²) < 4.78 is 13.9. The number of hydrogen-bond donors (Lipinski definition) is 0. The third-order valence-electron chi connectivity index (χ3n) is 3.62. The predicted molar refractivity (Wildman–Crippen MR) is 111 cm³/mol. The summed E-state index contributed by atoms with van der Waals surface area (Å²) in [5.74, 6) is 0.822. The molecule has 0 atom stereocenters. The van der Waals surface area contributed by atoms with Crippen LogP contribution in [0.3, 0.4) is 0 Å². The highest BCUT2D eigenvalue weighted by molar-refractivity contribution is 5.87. The van der Waals surface area contributed by atoms with Gasteiger partial charge in [-0.05, 0) is 40.8 Å². The molecule has 2 aromatic carbocycles. The molecule has 2 rings (SSSR count). The molecule has 0 aromatic heterocycles. The van der Waals surface area contributed by atoms with E-state index in [-0.39, 0.29) is 0 Å². The van der Waals surface area contributed by atoms with E-state index < -0.39 is 24.7 Å². The Kier molecular flexibility index (Phi) is 8.38. The van der Waals surface area contributed by atoms with Crippen LogP contribution in [-0.2, 0) is 28.6 Å². The molecule has 0 fully saturated rings. The van der Waals surface area contributed by atoms with Crippen LogP contribution >= 0.6 is 0 Å². The average molecular weight is 402 g/mol. The highest BCUT2D eigenvalue weighted by Crippen LogP contribution is 2.20. The van der Waals surface area contributed by atoms with Crippen molar-refractivity contribution < 1.29 is 28.6 Å². The molecular formula is C24H18O6. The first-order valence-electron chi connectivity index (χ1n) is 8.70. The zero-order valence-corrected chi connectivity index (χ0v) is 16.0. The van der Waals surface area contributed by atoms with Gasteiger partial charge in [-0.2, -0.15) is 0 Å². The third kappa shape index (κ3) is 7.33. The first-order valence-corrected chi connectivity index (χ1v) is 8.70. The van der Waals surface area contributed by atoms with Crippen LogP contribution in [0.25, 0.3) is 17.2 Å². The molecule has 0 spiro atoms. The first kappa shape index (κ1) is 21.9. The van der Waals surface area contributed by atoms with E-state index in [0.29, 0.717) is 5.56 Å². The summed E-state index contributed by atoms with van der Waals surface area (Å²) in [6, 6.07) is 14.9. The molecule has 150 valence electrons. The molecule has 0 N–H and O–H groups in total. The molecule has 0 aliphatic carbocycles. The minimum atomic E-state index is -0.668. The van der Waals surface area contributed by atoms with Gasteiger partial charge in [0.1, 0.15) is 6.11 Å². The van der Waals surface area contributed by atoms with Gasteiger partial charge < -0.3 is 14.2 Å². The van der Waals surface area contributed by atoms with Gasteiger partial charge in [-0.3, -0.25) is 0 Å². The van der Waals surface area contributed by atoms with Gasteiger partial charge in [0, 0.05) is 23.8 Å². The van der Waals surface area contributed by atoms with Crippen molar-refractivity contribution in [1.82, 2.24) is 0 Å². The molecule has 0 saturated carbocycles. The van der Waals surface area contributed by atoms with E-state index in [0.717, 1.165) is 28.8 Å². The summed E-state index contributed by atoms with van der Waals surface area (Å²) in [7, 11) is 0. The number of carbonyl (C=O) groups is 3. The van der Waals surface area contributed by atoms with Crippen LogP contribution < -0.4 is 0 Å². The lowest BCUT2D eigenvalue weighted by atomic mass is 10.0. The van der Waals surface area contributed by atoms with Gasteiger partial charge in [-0.15, -0.1) is 0 Å². The smallest absolute Gasteiger partial charge is 0.344 e. The topological polar surface area (TPSA) is 78.9 Å². The molecule has 2 aromatic rings. The number of hydrogen-bond acceptors (Lipinski definition) is 6. The highest BCUT2D eigenvalue weighted by atomic mass is 16.7. The molecule has 0 unspecified atom stereocenters. The average Bonchev–Trinajstić information content (AvgIpc) is 2.78. The van der Waals surface area contributed by atoms with E-state index in [1.165, 1.54) is 6.08 Å². The Morgan fingerprint density at radius 2 is 1.37 bits per heavy atom. The van der Waals surface area contributed by atoms with E-state index in [1.807, 2.05) is 48.5 Å². The van der Waals surface area contributed by atoms with Crippen LogP contribution in [0.1, 0.15) is 11.1 Å². The van der Waals surface area contributed by atoms with E-state index in [2.05, 4.69) is 34.7 Å². The van der Waals surface area contributed by atoms with Crippen molar-refractivity contribution in [3.05, 3.63) is 91.0 Å². The molecule has 0 saturated heterocycles. The van der Waals surface area contributed by atoms with Gasteiger partial charge in [0.15, 0.2) is 0 Å². The minimum absolute atomic E-state index is 0.468. The minimum Gasteiger partial charge on any atom is -0.425 e. The maximum absolute atomic E-state index is 11.6. The van der Waals surface area contributed by atoms with E-state index in [9.17, 15) is 14.4 Å². The standard InChI is InChI=1S/C24H18O6/c1-3-22(25)28-16-15-19-7-12-21(13-8-19)20-10-5-18(6-11-20)9-14-24(27)30-17-29-23(26)4-2/h3-14H,1-2,17H2. The van der Waals surface area contributed by atoms with Crippen LogP contribution in [0, 0.1) is 12.0 Å². The van der Waals surface area contributed by atoms with Gasteiger partial charge in [0.05, 0.1) is 0 Å². The van der Waals surface area contributed by atoms with Crippen molar-refractivity contribution in [3.8, 4) is 23.2 Å². The monoisotopic (exact) mass is 402 g/mol. The van der Waals surface area contributed by atoms with E-state index >= 15 is 0 Å². The van der Waals surface area contributed by atoms with Crippen molar-refractivity contribution in [1.29, 1.82) is 0 Å². The quantitative estimate of drug-likeness (QED) is 0.305. The Hall–Kier alpha value is -4.37. The fourth-order valence-electron chi connectivity index (χ4n) is 2.13. The van der Waals surface area contributed by atoms with Crippen molar-refractivity contribution in [2.75, 3.05) is 6.79 Å². The lowest BCUT2D eigenvalue weighted by Gasteiger charge is -2.03. The van der Waals surface area contributed by atoms with Crippen molar-refractivity contribution >= 4 is 24.0 Å². The largest absolute Gasteiger partial charge is 0.425 e. The lowest BCUT2D eigenvalue weighted by Crippen LogP contribution is -2.09. The second kappa shape index (κ2) is 11.5. The van der Waals surface area contributed by atoms with E-state index in [1.54, 1.807) is 6.08 Å².